The summed E-state index contributed by atoms with van der Waals surface area (Å²) < 4.78 is 7.47. The lowest BCUT2D eigenvalue weighted by molar-refractivity contribution is 0.0661. The van der Waals surface area contributed by atoms with Crippen molar-refractivity contribution in [3.05, 3.63) is 40.4 Å². The highest BCUT2D eigenvalue weighted by atomic mass is 16.4. The molecule has 0 saturated heterocycles. The first-order valence-electron chi connectivity index (χ1n) is 6.93. The fourth-order valence-corrected chi connectivity index (χ4v) is 2.90. The summed E-state index contributed by atoms with van der Waals surface area (Å²) in [6.07, 6.45) is 4.51. The molecule has 0 aliphatic heterocycles. The number of aromatic carboxylic acids is 1. The summed E-state index contributed by atoms with van der Waals surface area (Å²) in [4.78, 5) is 15.6. The molecule has 2 aromatic heterocycles. The van der Waals surface area contributed by atoms with Crippen LogP contribution in [0.3, 0.4) is 0 Å². The molecule has 0 amide bonds. The van der Waals surface area contributed by atoms with Gasteiger partial charge >= 0.3 is 5.97 Å². The van der Waals surface area contributed by atoms with Crippen molar-refractivity contribution in [3.63, 3.8) is 0 Å². The van der Waals surface area contributed by atoms with Crippen molar-refractivity contribution < 1.29 is 14.3 Å². The van der Waals surface area contributed by atoms with Gasteiger partial charge in [0.05, 0.1) is 12.2 Å². The predicted molar refractivity (Wildman–Crippen MR) is 73.1 cm³/mol. The maximum atomic E-state index is 11.0. The molecule has 0 aromatic carbocycles. The average Bonchev–Trinajstić information content (AvgIpc) is 2.92. The number of nitrogens with zero attached hydrogens (tertiary/aromatic N) is 2. The van der Waals surface area contributed by atoms with Gasteiger partial charge in [-0.1, -0.05) is 0 Å². The zero-order valence-corrected chi connectivity index (χ0v) is 11.8. The number of fused-ring (bicyclic) bond motifs is 1. The Morgan fingerprint density at radius 2 is 2.15 bits per heavy atom. The maximum absolute atomic E-state index is 11.0. The van der Waals surface area contributed by atoms with E-state index in [0.717, 1.165) is 24.2 Å². The molecule has 0 saturated carbocycles. The molecule has 0 spiro atoms. The van der Waals surface area contributed by atoms with Crippen molar-refractivity contribution in [2.24, 2.45) is 0 Å². The standard InChI is InChI=1S/C15H18N2O3/c1-9-11(7-14(20-9)15(18)19)8-17-10(2)16-12-5-3-4-6-13(12)17/h7H,3-6,8H2,1-2H3,(H,18,19). The van der Waals surface area contributed by atoms with Gasteiger partial charge in [-0.2, -0.15) is 0 Å². The van der Waals surface area contributed by atoms with Crippen LogP contribution in [0.4, 0.5) is 0 Å². The molecule has 0 bridgehead atoms. The molecule has 0 radical (unpaired) electrons. The second-order valence-electron chi connectivity index (χ2n) is 5.34. The Hall–Kier alpha value is -2.04. The Bertz CT molecular complexity index is 667. The number of carboxylic acid groups (broad SMARTS) is 1. The summed E-state index contributed by atoms with van der Waals surface area (Å²) in [6, 6.07) is 1.62. The SMILES string of the molecule is Cc1oc(C(=O)O)cc1Cn1c(C)nc2c1CCCC2. The number of hydrogen-bond donors (Lipinski definition) is 1. The molecule has 0 atom stereocenters. The van der Waals surface area contributed by atoms with E-state index >= 15 is 0 Å². The van der Waals surface area contributed by atoms with E-state index in [9.17, 15) is 4.79 Å². The van der Waals surface area contributed by atoms with Crippen molar-refractivity contribution in [3.8, 4) is 0 Å². The molecule has 5 nitrogen and oxygen atoms in total. The molecule has 1 aliphatic carbocycles. The molecule has 2 heterocycles. The molecular formula is C15H18N2O3. The van der Waals surface area contributed by atoms with Crippen LogP contribution < -0.4 is 0 Å². The lowest BCUT2D eigenvalue weighted by Gasteiger charge is -2.14. The van der Waals surface area contributed by atoms with Crippen molar-refractivity contribution >= 4 is 5.97 Å². The van der Waals surface area contributed by atoms with Gasteiger partial charge in [-0.05, 0) is 45.6 Å². The van der Waals surface area contributed by atoms with Crippen LogP contribution in [0.1, 0.15) is 51.9 Å². The van der Waals surface area contributed by atoms with Crippen molar-refractivity contribution in [1.29, 1.82) is 0 Å². The summed E-state index contributed by atoms with van der Waals surface area (Å²) in [7, 11) is 0. The van der Waals surface area contributed by atoms with Crippen molar-refractivity contribution in [2.75, 3.05) is 0 Å². The lowest BCUT2D eigenvalue weighted by Crippen LogP contribution is -2.10. The van der Waals surface area contributed by atoms with E-state index in [-0.39, 0.29) is 5.76 Å². The second-order valence-corrected chi connectivity index (χ2v) is 5.34. The fraction of sp³-hybridized carbons (Fsp3) is 0.467. The quantitative estimate of drug-likeness (QED) is 0.934. The Morgan fingerprint density at radius 1 is 1.40 bits per heavy atom. The van der Waals surface area contributed by atoms with Gasteiger partial charge in [0.1, 0.15) is 11.6 Å². The highest BCUT2D eigenvalue weighted by Crippen LogP contribution is 2.24. The topological polar surface area (TPSA) is 68.3 Å². The normalized spacial score (nSPS) is 14.3. The monoisotopic (exact) mass is 274 g/mol. The summed E-state index contributed by atoms with van der Waals surface area (Å²) in [6.45, 7) is 4.45. The summed E-state index contributed by atoms with van der Waals surface area (Å²) >= 11 is 0. The molecule has 1 aliphatic rings. The third-order valence-corrected chi connectivity index (χ3v) is 3.98. The first kappa shape index (κ1) is 13.0. The molecule has 20 heavy (non-hydrogen) atoms. The van der Waals surface area contributed by atoms with E-state index in [1.165, 1.54) is 24.2 Å². The molecule has 2 aromatic rings. The largest absolute Gasteiger partial charge is 0.475 e. The van der Waals surface area contributed by atoms with E-state index in [2.05, 4.69) is 9.55 Å². The van der Waals surface area contributed by atoms with E-state index < -0.39 is 5.97 Å². The van der Waals surface area contributed by atoms with Crippen LogP contribution in [0, 0.1) is 13.8 Å². The minimum absolute atomic E-state index is 0.00383. The Labute approximate surface area is 117 Å². The van der Waals surface area contributed by atoms with Crippen LogP contribution in [0.15, 0.2) is 10.5 Å². The first-order valence-corrected chi connectivity index (χ1v) is 6.93. The highest BCUT2D eigenvalue weighted by Gasteiger charge is 2.20. The number of aromatic nitrogens is 2. The van der Waals surface area contributed by atoms with Crippen molar-refractivity contribution in [2.45, 2.75) is 46.1 Å². The van der Waals surface area contributed by atoms with Crippen LogP contribution in [-0.2, 0) is 19.4 Å². The van der Waals surface area contributed by atoms with Gasteiger partial charge in [0.25, 0.3) is 0 Å². The predicted octanol–water partition coefficient (Wildman–Crippen LogP) is 2.72. The number of carboxylic acids is 1. The maximum Gasteiger partial charge on any atom is 0.371 e. The van der Waals surface area contributed by atoms with Gasteiger partial charge < -0.3 is 14.1 Å². The number of furan rings is 1. The number of rotatable bonds is 3. The molecule has 3 rings (SSSR count). The van der Waals surface area contributed by atoms with Gasteiger partial charge in [0.15, 0.2) is 0 Å². The zero-order chi connectivity index (χ0) is 14.3. The first-order chi connectivity index (χ1) is 9.56. The van der Waals surface area contributed by atoms with E-state index in [0.29, 0.717) is 12.3 Å². The van der Waals surface area contributed by atoms with Gasteiger partial charge in [-0.3, -0.25) is 0 Å². The summed E-state index contributed by atoms with van der Waals surface area (Å²) in [5, 5.41) is 8.98. The van der Waals surface area contributed by atoms with Crippen molar-refractivity contribution in [1.82, 2.24) is 9.55 Å². The Balaban J connectivity index is 1.95. The van der Waals surface area contributed by atoms with Gasteiger partial charge in [0, 0.05) is 11.3 Å². The average molecular weight is 274 g/mol. The smallest absolute Gasteiger partial charge is 0.371 e. The van der Waals surface area contributed by atoms with Crippen LogP contribution in [0.5, 0.6) is 0 Å². The molecule has 5 heteroatoms. The molecule has 1 N–H and O–H groups in total. The molecular weight excluding hydrogens is 256 g/mol. The Morgan fingerprint density at radius 3 is 2.85 bits per heavy atom. The lowest BCUT2D eigenvalue weighted by atomic mass is 10.0. The summed E-state index contributed by atoms with van der Waals surface area (Å²) in [5.41, 5.74) is 3.41. The minimum Gasteiger partial charge on any atom is -0.475 e. The van der Waals surface area contributed by atoms with Crippen LogP contribution >= 0.6 is 0 Å². The number of hydrogen-bond acceptors (Lipinski definition) is 3. The molecule has 106 valence electrons. The van der Waals surface area contributed by atoms with Gasteiger partial charge in [0.2, 0.25) is 5.76 Å². The number of carbonyl (C=O) groups is 1. The van der Waals surface area contributed by atoms with Crippen LogP contribution in [-0.4, -0.2) is 20.6 Å². The zero-order valence-electron chi connectivity index (χ0n) is 11.8. The molecule has 0 fully saturated rings. The Kier molecular flexibility index (Phi) is 3.12. The minimum atomic E-state index is -1.02. The highest BCUT2D eigenvalue weighted by molar-refractivity contribution is 5.84. The van der Waals surface area contributed by atoms with E-state index in [1.807, 2.05) is 6.92 Å². The second kappa shape index (κ2) is 4.81. The summed E-state index contributed by atoms with van der Waals surface area (Å²) in [5.74, 6) is 0.641. The number of aryl methyl sites for hydroxylation is 3. The van der Waals surface area contributed by atoms with Gasteiger partial charge in [-0.15, -0.1) is 0 Å². The van der Waals surface area contributed by atoms with Gasteiger partial charge in [-0.25, -0.2) is 9.78 Å². The van der Waals surface area contributed by atoms with Crippen LogP contribution in [0.2, 0.25) is 0 Å². The number of imidazole rings is 1. The third kappa shape index (κ3) is 2.13. The fourth-order valence-electron chi connectivity index (χ4n) is 2.90. The third-order valence-electron chi connectivity index (χ3n) is 3.98. The van der Waals surface area contributed by atoms with E-state index in [1.54, 1.807) is 13.0 Å². The molecule has 0 unspecified atom stereocenters. The van der Waals surface area contributed by atoms with E-state index in [4.69, 9.17) is 9.52 Å². The van der Waals surface area contributed by atoms with Crippen LogP contribution in [0.25, 0.3) is 0 Å².